The van der Waals surface area contributed by atoms with Gasteiger partial charge in [-0.25, -0.2) is 0 Å². The van der Waals surface area contributed by atoms with Crippen molar-refractivity contribution in [3.05, 3.63) is 0 Å². The molecule has 0 aromatic rings. The Morgan fingerprint density at radius 1 is 1.31 bits per heavy atom. The van der Waals surface area contributed by atoms with E-state index in [-0.39, 0.29) is 5.60 Å². The highest BCUT2D eigenvalue weighted by Crippen LogP contribution is 2.26. The van der Waals surface area contributed by atoms with Crippen molar-refractivity contribution in [1.29, 1.82) is 0 Å². The lowest BCUT2D eigenvalue weighted by atomic mass is 9.90. The van der Waals surface area contributed by atoms with E-state index in [1.54, 1.807) is 7.11 Å². The third-order valence-corrected chi connectivity index (χ3v) is 3.79. The van der Waals surface area contributed by atoms with E-state index in [0.29, 0.717) is 0 Å². The van der Waals surface area contributed by atoms with Crippen LogP contribution in [0.3, 0.4) is 0 Å². The molecule has 0 atom stereocenters. The second kappa shape index (κ2) is 6.58. The first-order valence-corrected chi connectivity index (χ1v) is 6.58. The van der Waals surface area contributed by atoms with Crippen LogP contribution >= 0.6 is 0 Å². The zero-order chi connectivity index (χ0) is 12.0. The van der Waals surface area contributed by atoms with Gasteiger partial charge in [0.25, 0.3) is 0 Å². The molecule has 0 heterocycles. The van der Waals surface area contributed by atoms with Crippen molar-refractivity contribution >= 4 is 0 Å². The number of ether oxygens (including phenoxy) is 1. The molecule has 3 heteroatoms. The van der Waals surface area contributed by atoms with Gasteiger partial charge in [0.2, 0.25) is 0 Å². The summed E-state index contributed by atoms with van der Waals surface area (Å²) in [4.78, 5) is 2.61. The van der Waals surface area contributed by atoms with E-state index in [9.17, 15) is 0 Å². The Kier molecular flexibility index (Phi) is 5.73. The average molecular weight is 228 g/mol. The molecule has 0 spiro atoms. The SMILES string of the molecule is COC(C)(C)CCN(CCCN)C1CCC1. The Hall–Kier alpha value is -0.120. The monoisotopic (exact) mass is 228 g/mol. The van der Waals surface area contributed by atoms with Gasteiger partial charge in [0.1, 0.15) is 0 Å². The first-order valence-electron chi connectivity index (χ1n) is 6.58. The molecule has 0 unspecified atom stereocenters. The summed E-state index contributed by atoms with van der Waals surface area (Å²) in [6.45, 7) is 7.42. The quantitative estimate of drug-likeness (QED) is 0.690. The Bertz CT molecular complexity index is 190. The molecule has 0 aliphatic heterocycles. The molecule has 2 N–H and O–H groups in total. The summed E-state index contributed by atoms with van der Waals surface area (Å²) >= 11 is 0. The van der Waals surface area contributed by atoms with Crippen LogP contribution in [0, 0.1) is 0 Å². The van der Waals surface area contributed by atoms with Crippen LogP contribution in [0.1, 0.15) is 46.0 Å². The lowest BCUT2D eigenvalue weighted by Gasteiger charge is -2.39. The Labute approximate surface area is 100 Å². The molecule has 0 radical (unpaired) electrons. The lowest BCUT2D eigenvalue weighted by molar-refractivity contribution is -0.000536. The molecule has 3 nitrogen and oxygen atoms in total. The number of hydrogen-bond acceptors (Lipinski definition) is 3. The number of nitrogens with two attached hydrogens (primary N) is 1. The van der Waals surface area contributed by atoms with Crippen molar-refractivity contribution in [2.45, 2.75) is 57.6 Å². The van der Waals surface area contributed by atoms with Crippen molar-refractivity contribution in [2.75, 3.05) is 26.7 Å². The van der Waals surface area contributed by atoms with E-state index in [0.717, 1.165) is 38.5 Å². The van der Waals surface area contributed by atoms with Gasteiger partial charge in [0.05, 0.1) is 5.60 Å². The van der Waals surface area contributed by atoms with Gasteiger partial charge in [0.15, 0.2) is 0 Å². The summed E-state index contributed by atoms with van der Waals surface area (Å²) in [7, 11) is 1.80. The molecular weight excluding hydrogens is 200 g/mol. The summed E-state index contributed by atoms with van der Waals surface area (Å²) < 4.78 is 5.47. The summed E-state index contributed by atoms with van der Waals surface area (Å²) in [6, 6.07) is 0.819. The van der Waals surface area contributed by atoms with Crippen LogP contribution in [0.2, 0.25) is 0 Å². The number of methoxy groups -OCH3 is 1. The first-order chi connectivity index (χ1) is 7.59. The molecule has 96 valence electrons. The van der Waals surface area contributed by atoms with Crippen LogP contribution in [0.5, 0.6) is 0 Å². The largest absolute Gasteiger partial charge is 0.379 e. The van der Waals surface area contributed by atoms with Gasteiger partial charge in [-0.15, -0.1) is 0 Å². The minimum Gasteiger partial charge on any atom is -0.379 e. The average Bonchev–Trinajstić information content (AvgIpc) is 2.19. The molecular formula is C13H28N2O. The molecule has 0 aromatic heterocycles. The maximum atomic E-state index is 5.59. The normalized spacial score (nSPS) is 17.8. The van der Waals surface area contributed by atoms with E-state index >= 15 is 0 Å². The zero-order valence-electron chi connectivity index (χ0n) is 11.2. The Balaban J connectivity index is 2.31. The molecule has 0 bridgehead atoms. The summed E-state index contributed by atoms with van der Waals surface area (Å²) in [5, 5.41) is 0. The smallest absolute Gasteiger partial charge is 0.0634 e. The maximum absolute atomic E-state index is 5.59. The second-order valence-electron chi connectivity index (χ2n) is 5.48. The van der Waals surface area contributed by atoms with Crippen LogP contribution in [-0.2, 0) is 4.74 Å². The van der Waals surface area contributed by atoms with Crippen molar-refractivity contribution in [2.24, 2.45) is 5.73 Å². The first kappa shape index (κ1) is 13.9. The molecule has 1 fully saturated rings. The molecule has 1 saturated carbocycles. The highest BCUT2D eigenvalue weighted by atomic mass is 16.5. The summed E-state index contributed by atoms with van der Waals surface area (Å²) in [6.07, 6.45) is 6.36. The topological polar surface area (TPSA) is 38.5 Å². The highest BCUT2D eigenvalue weighted by molar-refractivity contribution is 4.82. The van der Waals surface area contributed by atoms with Gasteiger partial charge in [-0.2, -0.15) is 0 Å². The van der Waals surface area contributed by atoms with Crippen molar-refractivity contribution in [3.63, 3.8) is 0 Å². The number of rotatable bonds is 8. The van der Waals surface area contributed by atoms with Crippen molar-refractivity contribution in [1.82, 2.24) is 4.90 Å². The minimum atomic E-state index is 0.00467. The van der Waals surface area contributed by atoms with Crippen LogP contribution < -0.4 is 5.73 Å². The predicted molar refractivity (Wildman–Crippen MR) is 68.6 cm³/mol. The van der Waals surface area contributed by atoms with Gasteiger partial charge in [-0.05, 0) is 52.6 Å². The van der Waals surface area contributed by atoms with E-state index in [1.165, 1.54) is 19.3 Å². The third-order valence-electron chi connectivity index (χ3n) is 3.79. The highest BCUT2D eigenvalue weighted by Gasteiger charge is 2.26. The van der Waals surface area contributed by atoms with Crippen molar-refractivity contribution in [3.8, 4) is 0 Å². The van der Waals surface area contributed by atoms with Gasteiger partial charge in [0, 0.05) is 19.7 Å². The molecule has 0 aromatic carbocycles. The van der Waals surface area contributed by atoms with E-state index in [2.05, 4.69) is 18.7 Å². The molecule has 1 aliphatic carbocycles. The number of nitrogens with zero attached hydrogens (tertiary/aromatic N) is 1. The van der Waals surface area contributed by atoms with Crippen LogP contribution in [0.25, 0.3) is 0 Å². The molecule has 0 saturated heterocycles. The Morgan fingerprint density at radius 2 is 2.00 bits per heavy atom. The standard InChI is InChI=1S/C13H28N2O/c1-13(2,16-3)8-11-15(10-5-9-14)12-6-4-7-12/h12H,4-11,14H2,1-3H3. The molecule has 0 amide bonds. The third kappa shape index (κ3) is 4.40. The fourth-order valence-electron chi connectivity index (χ4n) is 2.04. The zero-order valence-corrected chi connectivity index (χ0v) is 11.2. The minimum absolute atomic E-state index is 0.00467. The van der Waals surface area contributed by atoms with E-state index in [4.69, 9.17) is 10.5 Å². The van der Waals surface area contributed by atoms with E-state index < -0.39 is 0 Å². The van der Waals surface area contributed by atoms with Gasteiger partial charge in [-0.3, -0.25) is 0 Å². The molecule has 16 heavy (non-hydrogen) atoms. The van der Waals surface area contributed by atoms with Gasteiger partial charge in [-0.1, -0.05) is 6.42 Å². The molecule has 1 rings (SSSR count). The van der Waals surface area contributed by atoms with Crippen LogP contribution in [0.15, 0.2) is 0 Å². The fraction of sp³-hybridized carbons (Fsp3) is 1.00. The number of hydrogen-bond donors (Lipinski definition) is 1. The van der Waals surface area contributed by atoms with Crippen LogP contribution in [0.4, 0.5) is 0 Å². The van der Waals surface area contributed by atoms with Crippen LogP contribution in [-0.4, -0.2) is 43.3 Å². The lowest BCUT2D eigenvalue weighted by Crippen LogP contribution is -2.43. The summed E-state index contributed by atoms with van der Waals surface area (Å²) in [5.41, 5.74) is 5.60. The fourth-order valence-corrected chi connectivity index (χ4v) is 2.04. The Morgan fingerprint density at radius 3 is 2.44 bits per heavy atom. The second-order valence-corrected chi connectivity index (χ2v) is 5.48. The summed E-state index contributed by atoms with van der Waals surface area (Å²) in [5.74, 6) is 0. The predicted octanol–water partition coefficient (Wildman–Crippen LogP) is 2.00. The van der Waals surface area contributed by atoms with Gasteiger partial charge >= 0.3 is 0 Å². The van der Waals surface area contributed by atoms with Crippen molar-refractivity contribution < 1.29 is 4.74 Å². The van der Waals surface area contributed by atoms with Gasteiger partial charge < -0.3 is 15.4 Å². The maximum Gasteiger partial charge on any atom is 0.0634 e. The molecule has 1 aliphatic rings. The van der Waals surface area contributed by atoms with E-state index in [1.807, 2.05) is 0 Å².